The molecule has 0 aliphatic heterocycles. The lowest BCUT2D eigenvalue weighted by Crippen LogP contribution is -2.02. The van der Waals surface area contributed by atoms with Crippen molar-refractivity contribution in [3.05, 3.63) is 69.6 Å². The van der Waals surface area contributed by atoms with Gasteiger partial charge in [-0.1, -0.05) is 35.1 Å². The molecule has 0 aliphatic rings. The molecule has 0 spiro atoms. The number of anilines is 3. The molecule has 116 valence electrons. The van der Waals surface area contributed by atoms with E-state index in [4.69, 9.17) is 17.3 Å². The quantitative estimate of drug-likeness (QED) is 0.676. The van der Waals surface area contributed by atoms with Crippen LogP contribution in [0.15, 0.2) is 48.5 Å². The Morgan fingerprint density at radius 1 is 1.22 bits per heavy atom. The van der Waals surface area contributed by atoms with Crippen LogP contribution in [0.3, 0.4) is 0 Å². The summed E-state index contributed by atoms with van der Waals surface area (Å²) in [4.78, 5) is 17.2. The summed E-state index contributed by atoms with van der Waals surface area (Å²) in [5.74, 6) is 0.0686. The molecule has 23 heavy (non-hydrogen) atoms. The zero-order valence-electron chi connectivity index (χ0n) is 12.3. The van der Waals surface area contributed by atoms with Gasteiger partial charge in [0.2, 0.25) is 5.78 Å². The fraction of sp³-hybridized carbons (Fsp3) is 0.0588. The Kier molecular flexibility index (Phi) is 4.32. The summed E-state index contributed by atoms with van der Waals surface area (Å²) in [6, 6.07) is 14.6. The summed E-state index contributed by atoms with van der Waals surface area (Å²) < 4.78 is 0. The Labute approximate surface area is 142 Å². The summed E-state index contributed by atoms with van der Waals surface area (Å²) in [6.45, 7) is 2.01. The van der Waals surface area contributed by atoms with Crippen LogP contribution in [0.2, 0.25) is 5.02 Å². The third-order valence-electron chi connectivity index (χ3n) is 3.24. The standard InChI is InChI=1S/C17H14ClN3OS/c1-10-3-2-4-13(9-10)20-17-21-16(19)15(23-17)14(22)11-5-7-12(18)8-6-11/h2-9H,19H2,1H3,(H,20,21). The fourth-order valence-corrected chi connectivity index (χ4v) is 3.12. The highest BCUT2D eigenvalue weighted by Crippen LogP contribution is 2.30. The highest BCUT2D eigenvalue weighted by atomic mass is 35.5. The van der Waals surface area contributed by atoms with Crippen molar-refractivity contribution in [3.8, 4) is 0 Å². The van der Waals surface area contributed by atoms with Crippen LogP contribution < -0.4 is 11.1 Å². The topological polar surface area (TPSA) is 68.0 Å². The molecule has 0 saturated carbocycles. The number of rotatable bonds is 4. The van der Waals surface area contributed by atoms with E-state index in [1.807, 2.05) is 31.2 Å². The number of carbonyl (C=O) groups excluding carboxylic acids is 1. The normalized spacial score (nSPS) is 10.5. The number of hydrogen-bond donors (Lipinski definition) is 2. The van der Waals surface area contributed by atoms with Gasteiger partial charge in [0.1, 0.15) is 10.7 Å². The zero-order chi connectivity index (χ0) is 16.4. The highest BCUT2D eigenvalue weighted by Gasteiger charge is 2.18. The van der Waals surface area contributed by atoms with Gasteiger partial charge in [-0.2, -0.15) is 0 Å². The molecule has 0 atom stereocenters. The Morgan fingerprint density at radius 2 is 1.96 bits per heavy atom. The lowest BCUT2D eigenvalue weighted by molar-refractivity contribution is 0.104. The van der Waals surface area contributed by atoms with Crippen molar-refractivity contribution in [1.82, 2.24) is 4.98 Å². The molecule has 3 N–H and O–H groups in total. The minimum absolute atomic E-state index is 0.158. The van der Waals surface area contributed by atoms with E-state index in [-0.39, 0.29) is 11.6 Å². The number of hydrogen-bond acceptors (Lipinski definition) is 5. The lowest BCUT2D eigenvalue weighted by atomic mass is 10.1. The van der Waals surface area contributed by atoms with E-state index in [1.54, 1.807) is 24.3 Å². The maximum atomic E-state index is 12.5. The minimum atomic E-state index is -0.158. The van der Waals surface area contributed by atoms with E-state index in [9.17, 15) is 4.79 Å². The van der Waals surface area contributed by atoms with E-state index in [1.165, 1.54) is 11.3 Å². The van der Waals surface area contributed by atoms with Crippen LogP contribution in [0.4, 0.5) is 16.6 Å². The van der Waals surface area contributed by atoms with Crippen molar-refractivity contribution < 1.29 is 4.79 Å². The first-order chi connectivity index (χ1) is 11.0. The number of aromatic nitrogens is 1. The number of benzene rings is 2. The number of thiazole rings is 1. The molecule has 2 aromatic carbocycles. The molecule has 3 aromatic rings. The summed E-state index contributed by atoms with van der Waals surface area (Å²) in [5.41, 5.74) is 8.48. The summed E-state index contributed by atoms with van der Waals surface area (Å²) in [6.07, 6.45) is 0. The van der Waals surface area contributed by atoms with Crippen LogP contribution >= 0.6 is 22.9 Å². The Balaban J connectivity index is 1.86. The Morgan fingerprint density at radius 3 is 2.65 bits per heavy atom. The van der Waals surface area contributed by atoms with Crippen LogP contribution in [0.1, 0.15) is 20.8 Å². The molecular weight excluding hydrogens is 330 g/mol. The van der Waals surface area contributed by atoms with Crippen LogP contribution in [-0.2, 0) is 0 Å². The molecule has 0 saturated heterocycles. The maximum absolute atomic E-state index is 12.5. The van der Waals surface area contributed by atoms with E-state index in [0.717, 1.165) is 11.3 Å². The van der Waals surface area contributed by atoms with E-state index in [0.29, 0.717) is 20.6 Å². The average molecular weight is 344 g/mol. The molecule has 1 aromatic heterocycles. The van der Waals surface area contributed by atoms with Gasteiger partial charge in [0.25, 0.3) is 0 Å². The number of ketones is 1. The Hall–Kier alpha value is -2.37. The summed E-state index contributed by atoms with van der Waals surface area (Å²) in [7, 11) is 0. The van der Waals surface area contributed by atoms with Gasteiger partial charge in [0.05, 0.1) is 0 Å². The number of nitrogens with two attached hydrogens (primary N) is 1. The lowest BCUT2D eigenvalue weighted by Gasteiger charge is -2.02. The number of halogens is 1. The van der Waals surface area contributed by atoms with Gasteiger partial charge < -0.3 is 11.1 Å². The monoisotopic (exact) mass is 343 g/mol. The summed E-state index contributed by atoms with van der Waals surface area (Å²) in [5, 5.41) is 4.35. The predicted molar refractivity (Wildman–Crippen MR) is 95.9 cm³/mol. The predicted octanol–water partition coefficient (Wildman–Crippen LogP) is 4.66. The first kappa shape index (κ1) is 15.5. The second-order valence-electron chi connectivity index (χ2n) is 5.06. The van der Waals surface area contributed by atoms with Crippen molar-refractivity contribution >= 4 is 45.4 Å². The van der Waals surface area contributed by atoms with Crippen molar-refractivity contribution in [3.63, 3.8) is 0 Å². The highest BCUT2D eigenvalue weighted by molar-refractivity contribution is 7.18. The van der Waals surface area contributed by atoms with E-state index < -0.39 is 0 Å². The smallest absolute Gasteiger partial charge is 0.206 e. The van der Waals surface area contributed by atoms with Crippen LogP contribution in [0.25, 0.3) is 0 Å². The van der Waals surface area contributed by atoms with Crippen molar-refractivity contribution in [2.45, 2.75) is 6.92 Å². The van der Waals surface area contributed by atoms with Gasteiger partial charge in [0, 0.05) is 16.3 Å². The van der Waals surface area contributed by atoms with Crippen molar-refractivity contribution in [2.75, 3.05) is 11.1 Å². The molecule has 3 rings (SSSR count). The first-order valence-electron chi connectivity index (χ1n) is 6.93. The molecule has 0 bridgehead atoms. The van der Waals surface area contributed by atoms with E-state index >= 15 is 0 Å². The van der Waals surface area contributed by atoms with E-state index in [2.05, 4.69) is 10.3 Å². The SMILES string of the molecule is Cc1cccc(Nc2nc(N)c(C(=O)c3ccc(Cl)cc3)s2)c1. The fourth-order valence-electron chi connectivity index (χ4n) is 2.13. The second kappa shape index (κ2) is 6.40. The second-order valence-corrected chi connectivity index (χ2v) is 6.50. The first-order valence-corrected chi connectivity index (χ1v) is 8.12. The molecule has 0 radical (unpaired) electrons. The number of nitrogens with one attached hydrogen (secondary N) is 1. The molecule has 0 fully saturated rings. The summed E-state index contributed by atoms with van der Waals surface area (Å²) >= 11 is 7.08. The minimum Gasteiger partial charge on any atom is -0.382 e. The molecule has 0 aliphatic carbocycles. The third kappa shape index (κ3) is 3.52. The largest absolute Gasteiger partial charge is 0.382 e. The molecule has 0 amide bonds. The molecular formula is C17H14ClN3OS. The van der Waals surface area contributed by atoms with Gasteiger partial charge in [-0.05, 0) is 48.9 Å². The van der Waals surface area contributed by atoms with Crippen LogP contribution in [-0.4, -0.2) is 10.8 Å². The van der Waals surface area contributed by atoms with Crippen molar-refractivity contribution in [2.24, 2.45) is 0 Å². The average Bonchev–Trinajstić information content (AvgIpc) is 2.88. The number of nitrogens with zero attached hydrogens (tertiary/aromatic N) is 1. The number of carbonyl (C=O) groups is 1. The van der Waals surface area contributed by atoms with Gasteiger partial charge >= 0.3 is 0 Å². The Bertz CT molecular complexity index is 859. The van der Waals surface area contributed by atoms with Gasteiger partial charge in [-0.3, -0.25) is 4.79 Å². The van der Waals surface area contributed by atoms with Gasteiger partial charge in [-0.25, -0.2) is 4.98 Å². The molecule has 6 heteroatoms. The molecule has 1 heterocycles. The van der Waals surface area contributed by atoms with Gasteiger partial charge in [-0.15, -0.1) is 0 Å². The number of aryl methyl sites for hydroxylation is 1. The zero-order valence-corrected chi connectivity index (χ0v) is 13.9. The van der Waals surface area contributed by atoms with Gasteiger partial charge in [0.15, 0.2) is 5.13 Å². The van der Waals surface area contributed by atoms with Crippen molar-refractivity contribution in [1.29, 1.82) is 0 Å². The third-order valence-corrected chi connectivity index (χ3v) is 4.47. The molecule has 4 nitrogen and oxygen atoms in total. The van der Waals surface area contributed by atoms with Crippen LogP contribution in [0, 0.1) is 6.92 Å². The number of nitrogen functional groups attached to an aromatic ring is 1. The van der Waals surface area contributed by atoms with Crippen LogP contribution in [0.5, 0.6) is 0 Å². The maximum Gasteiger partial charge on any atom is 0.206 e. The molecule has 0 unspecified atom stereocenters.